The fourth-order valence-electron chi connectivity index (χ4n) is 2.03. The Balaban J connectivity index is 2.03. The average Bonchev–Trinajstić information content (AvgIpc) is 2.77. The molecule has 1 saturated heterocycles. The first-order valence-corrected chi connectivity index (χ1v) is 7.82. The topological polar surface area (TPSA) is 122 Å². The second-order valence-corrected chi connectivity index (χ2v) is 6.86. The van der Waals surface area contributed by atoms with E-state index in [4.69, 9.17) is 10.9 Å². The van der Waals surface area contributed by atoms with Gasteiger partial charge in [0, 0.05) is 17.2 Å². The van der Waals surface area contributed by atoms with Crippen molar-refractivity contribution in [3.63, 3.8) is 0 Å². The van der Waals surface area contributed by atoms with Gasteiger partial charge in [-0.25, -0.2) is 8.42 Å². The third-order valence-corrected chi connectivity index (χ3v) is 4.89. The van der Waals surface area contributed by atoms with Crippen molar-refractivity contribution in [2.75, 3.05) is 11.5 Å². The van der Waals surface area contributed by atoms with Crippen LogP contribution in [-0.4, -0.2) is 42.9 Å². The highest BCUT2D eigenvalue weighted by Crippen LogP contribution is 2.12. The summed E-state index contributed by atoms with van der Waals surface area (Å²) in [4.78, 5) is 11.9. The molecule has 1 heterocycles. The van der Waals surface area contributed by atoms with Crippen molar-refractivity contribution in [1.29, 1.82) is 0 Å². The molecular weight excluding hydrogens is 282 g/mol. The number of carbonyl (C=O) groups excluding carboxylic acids is 1. The van der Waals surface area contributed by atoms with Crippen molar-refractivity contribution in [2.24, 2.45) is 10.9 Å². The van der Waals surface area contributed by atoms with Gasteiger partial charge >= 0.3 is 0 Å². The zero-order chi connectivity index (χ0) is 14.8. The Hall–Kier alpha value is -2.09. The number of hydrogen-bond acceptors (Lipinski definition) is 5. The second kappa shape index (κ2) is 5.49. The molecule has 0 radical (unpaired) electrons. The minimum Gasteiger partial charge on any atom is -0.409 e. The highest BCUT2D eigenvalue weighted by molar-refractivity contribution is 7.91. The van der Waals surface area contributed by atoms with E-state index in [0.717, 1.165) is 0 Å². The average molecular weight is 297 g/mol. The largest absolute Gasteiger partial charge is 0.409 e. The molecule has 0 aromatic heterocycles. The van der Waals surface area contributed by atoms with Crippen LogP contribution in [-0.2, 0) is 9.84 Å². The Bertz CT molecular complexity index is 637. The molecule has 1 aliphatic rings. The standard InChI is InChI=1S/C12H15N3O4S/c13-11(15-17)8-1-3-9(4-2-8)12(16)14-10-5-6-20(18,19)7-10/h1-4,10,17H,5-7H2,(H2,13,15)(H,14,16). The summed E-state index contributed by atoms with van der Waals surface area (Å²) in [6, 6.07) is 5.83. The Labute approximate surface area is 116 Å². The quantitative estimate of drug-likeness (QED) is 0.306. The Morgan fingerprint density at radius 2 is 1.90 bits per heavy atom. The molecular formula is C12H15N3O4S. The molecule has 0 bridgehead atoms. The van der Waals surface area contributed by atoms with Crippen LogP contribution in [0.4, 0.5) is 0 Å². The third-order valence-electron chi connectivity index (χ3n) is 3.12. The molecule has 1 aromatic rings. The molecule has 7 nitrogen and oxygen atoms in total. The fraction of sp³-hybridized carbons (Fsp3) is 0.333. The van der Waals surface area contributed by atoms with E-state index in [0.29, 0.717) is 17.5 Å². The number of amides is 1. The lowest BCUT2D eigenvalue weighted by Crippen LogP contribution is -2.35. The highest BCUT2D eigenvalue weighted by Gasteiger charge is 2.29. The summed E-state index contributed by atoms with van der Waals surface area (Å²) in [5, 5.41) is 14.1. The van der Waals surface area contributed by atoms with Crippen molar-refractivity contribution in [2.45, 2.75) is 12.5 Å². The molecule has 4 N–H and O–H groups in total. The van der Waals surface area contributed by atoms with Crippen LogP contribution in [0.15, 0.2) is 29.4 Å². The summed E-state index contributed by atoms with van der Waals surface area (Å²) in [5.74, 6) is -0.279. The SMILES string of the molecule is N/C(=N\O)c1ccc(C(=O)NC2CCS(=O)(=O)C2)cc1. The maximum atomic E-state index is 11.9. The van der Waals surface area contributed by atoms with Crippen LogP contribution in [0.5, 0.6) is 0 Å². The first-order chi connectivity index (χ1) is 9.41. The monoisotopic (exact) mass is 297 g/mol. The maximum Gasteiger partial charge on any atom is 0.251 e. The van der Waals surface area contributed by atoms with Gasteiger partial charge in [-0.15, -0.1) is 0 Å². The van der Waals surface area contributed by atoms with Gasteiger partial charge in [-0.2, -0.15) is 0 Å². The Kier molecular flexibility index (Phi) is 3.93. The van der Waals surface area contributed by atoms with Crippen LogP contribution >= 0.6 is 0 Å². The van der Waals surface area contributed by atoms with E-state index in [1.807, 2.05) is 0 Å². The maximum absolute atomic E-state index is 11.9. The lowest BCUT2D eigenvalue weighted by Gasteiger charge is -2.11. The zero-order valence-corrected chi connectivity index (χ0v) is 11.4. The summed E-state index contributed by atoms with van der Waals surface area (Å²) >= 11 is 0. The fourth-order valence-corrected chi connectivity index (χ4v) is 3.70. The summed E-state index contributed by atoms with van der Waals surface area (Å²) in [7, 11) is -3.02. The zero-order valence-electron chi connectivity index (χ0n) is 10.6. The van der Waals surface area contributed by atoms with Crippen molar-refractivity contribution >= 4 is 21.6 Å². The highest BCUT2D eigenvalue weighted by atomic mass is 32.2. The number of carbonyl (C=O) groups is 1. The first kappa shape index (κ1) is 14.3. The number of rotatable bonds is 3. The van der Waals surface area contributed by atoms with E-state index in [9.17, 15) is 13.2 Å². The van der Waals surface area contributed by atoms with Crippen LogP contribution in [0.3, 0.4) is 0 Å². The molecule has 1 fully saturated rings. The molecule has 1 amide bonds. The minimum atomic E-state index is -3.02. The van der Waals surface area contributed by atoms with Crippen molar-refractivity contribution in [3.05, 3.63) is 35.4 Å². The van der Waals surface area contributed by atoms with Gasteiger partial charge in [0.05, 0.1) is 11.5 Å². The first-order valence-electron chi connectivity index (χ1n) is 6.00. The van der Waals surface area contributed by atoms with Gasteiger partial charge in [-0.3, -0.25) is 4.79 Å². The van der Waals surface area contributed by atoms with Crippen molar-refractivity contribution in [3.8, 4) is 0 Å². The smallest absolute Gasteiger partial charge is 0.251 e. The molecule has 1 atom stereocenters. The number of nitrogens with zero attached hydrogens (tertiary/aromatic N) is 1. The van der Waals surface area contributed by atoms with E-state index in [1.54, 1.807) is 12.1 Å². The molecule has 0 spiro atoms. The summed E-state index contributed by atoms with van der Waals surface area (Å²) < 4.78 is 22.6. The van der Waals surface area contributed by atoms with Crippen LogP contribution in [0.25, 0.3) is 0 Å². The van der Waals surface area contributed by atoms with Gasteiger partial charge in [-0.05, 0) is 18.6 Å². The van der Waals surface area contributed by atoms with Crippen molar-refractivity contribution in [1.82, 2.24) is 5.32 Å². The van der Waals surface area contributed by atoms with Crippen molar-refractivity contribution < 1.29 is 18.4 Å². The molecule has 0 aliphatic carbocycles. The second-order valence-electron chi connectivity index (χ2n) is 4.64. The van der Waals surface area contributed by atoms with Gasteiger partial charge in [-0.1, -0.05) is 17.3 Å². The van der Waals surface area contributed by atoms with E-state index in [2.05, 4.69) is 10.5 Å². The normalized spacial score (nSPS) is 21.6. The summed E-state index contributed by atoms with van der Waals surface area (Å²) in [5.41, 5.74) is 6.30. The van der Waals surface area contributed by atoms with Gasteiger partial charge in [0.25, 0.3) is 5.91 Å². The molecule has 108 valence electrons. The van der Waals surface area contributed by atoms with Gasteiger partial charge in [0.1, 0.15) is 0 Å². The molecule has 1 aliphatic heterocycles. The predicted octanol–water partition coefficient (Wildman–Crippen LogP) is -0.302. The number of benzene rings is 1. The van der Waals surface area contributed by atoms with Gasteiger partial charge in [0.15, 0.2) is 15.7 Å². The number of oxime groups is 1. The summed E-state index contributed by atoms with van der Waals surface area (Å²) in [6.45, 7) is 0. The Morgan fingerprint density at radius 3 is 2.40 bits per heavy atom. The molecule has 0 saturated carbocycles. The van der Waals surface area contributed by atoms with E-state index < -0.39 is 9.84 Å². The van der Waals surface area contributed by atoms with Crippen LogP contribution < -0.4 is 11.1 Å². The molecule has 8 heteroatoms. The number of sulfone groups is 1. The lowest BCUT2D eigenvalue weighted by atomic mass is 10.1. The molecule has 1 aromatic carbocycles. The van der Waals surface area contributed by atoms with Gasteiger partial charge in [0.2, 0.25) is 0 Å². The predicted molar refractivity (Wildman–Crippen MR) is 73.5 cm³/mol. The minimum absolute atomic E-state index is 0.0130. The van der Waals surface area contributed by atoms with E-state index in [1.165, 1.54) is 12.1 Å². The van der Waals surface area contributed by atoms with Crippen LogP contribution in [0, 0.1) is 0 Å². The molecule has 20 heavy (non-hydrogen) atoms. The Morgan fingerprint density at radius 1 is 1.30 bits per heavy atom. The lowest BCUT2D eigenvalue weighted by molar-refractivity contribution is 0.0941. The van der Waals surface area contributed by atoms with Crippen LogP contribution in [0.2, 0.25) is 0 Å². The number of amidine groups is 1. The number of hydrogen-bond donors (Lipinski definition) is 3. The number of nitrogens with one attached hydrogen (secondary N) is 1. The number of nitrogens with two attached hydrogens (primary N) is 1. The third kappa shape index (κ3) is 3.27. The molecule has 2 rings (SSSR count). The summed E-state index contributed by atoms with van der Waals surface area (Å²) in [6.07, 6.45) is 0.441. The van der Waals surface area contributed by atoms with E-state index in [-0.39, 0.29) is 29.3 Å². The van der Waals surface area contributed by atoms with Crippen LogP contribution in [0.1, 0.15) is 22.3 Å². The molecule has 1 unspecified atom stereocenters. The van der Waals surface area contributed by atoms with Gasteiger partial charge < -0.3 is 16.3 Å². The van der Waals surface area contributed by atoms with E-state index >= 15 is 0 Å².